The van der Waals surface area contributed by atoms with Crippen molar-refractivity contribution >= 4 is 40.6 Å². The van der Waals surface area contributed by atoms with E-state index in [1.807, 2.05) is 6.07 Å². The van der Waals surface area contributed by atoms with E-state index in [9.17, 15) is 25.0 Å². The van der Waals surface area contributed by atoms with Crippen molar-refractivity contribution in [2.75, 3.05) is 16.4 Å². The van der Waals surface area contributed by atoms with E-state index >= 15 is 0 Å². The summed E-state index contributed by atoms with van der Waals surface area (Å²) in [6.07, 6.45) is 1.47. The Hall–Kier alpha value is -4.82. The number of amides is 2. The maximum Gasteiger partial charge on any atom is 0.269 e. The zero-order chi connectivity index (χ0) is 26.4. The number of dihydropyridines is 1. The van der Waals surface area contributed by atoms with Crippen molar-refractivity contribution < 1.29 is 18.9 Å². The molecular formula is C26H21N5O5S. The lowest BCUT2D eigenvalue weighted by molar-refractivity contribution is -0.384. The number of nitro benzene ring substituents is 1. The highest BCUT2D eigenvalue weighted by Gasteiger charge is 2.36. The second kappa shape index (κ2) is 11.3. The zero-order valence-corrected chi connectivity index (χ0v) is 20.4. The molecule has 0 spiro atoms. The van der Waals surface area contributed by atoms with Crippen molar-refractivity contribution in [3.05, 3.63) is 111 Å². The molecule has 2 amide bonds. The molecule has 0 fully saturated rings. The molecule has 37 heavy (non-hydrogen) atoms. The SMILES string of the molecule is CC1=C(C(=O)Nc2ccccc2)[C@@H](c2ccco2)C(C#N)=C(SCC(=O)Nc2ccc([N+](=O)[O-])cc2)N1. The summed E-state index contributed by atoms with van der Waals surface area (Å²) < 4.78 is 5.60. The zero-order valence-electron chi connectivity index (χ0n) is 19.6. The Morgan fingerprint density at radius 3 is 2.41 bits per heavy atom. The predicted octanol–water partition coefficient (Wildman–Crippen LogP) is 4.89. The third-order valence-corrected chi connectivity index (χ3v) is 6.48. The van der Waals surface area contributed by atoms with Gasteiger partial charge in [0.15, 0.2) is 0 Å². The van der Waals surface area contributed by atoms with Gasteiger partial charge in [0.1, 0.15) is 5.76 Å². The van der Waals surface area contributed by atoms with Gasteiger partial charge in [0.25, 0.3) is 11.6 Å². The van der Waals surface area contributed by atoms with Crippen LogP contribution in [0.15, 0.2) is 99.3 Å². The Labute approximate surface area is 216 Å². The van der Waals surface area contributed by atoms with E-state index < -0.39 is 10.8 Å². The summed E-state index contributed by atoms with van der Waals surface area (Å²) >= 11 is 1.11. The molecule has 1 aliphatic heterocycles. The van der Waals surface area contributed by atoms with Crippen LogP contribution in [0.2, 0.25) is 0 Å². The number of anilines is 2. The normalized spacial score (nSPS) is 15.0. The summed E-state index contributed by atoms with van der Waals surface area (Å²) in [4.78, 5) is 36.1. The Morgan fingerprint density at radius 1 is 1.08 bits per heavy atom. The molecule has 0 saturated carbocycles. The number of benzene rings is 2. The molecule has 1 aromatic heterocycles. The summed E-state index contributed by atoms with van der Waals surface area (Å²) in [5.74, 6) is -1.15. The van der Waals surface area contributed by atoms with E-state index in [2.05, 4.69) is 22.0 Å². The first-order chi connectivity index (χ1) is 17.9. The second-order valence-corrected chi connectivity index (χ2v) is 8.91. The molecule has 1 aliphatic rings. The van der Waals surface area contributed by atoms with Gasteiger partial charge in [-0.25, -0.2) is 0 Å². The van der Waals surface area contributed by atoms with Crippen LogP contribution >= 0.6 is 11.8 Å². The van der Waals surface area contributed by atoms with E-state index in [1.54, 1.807) is 43.3 Å². The fraction of sp³-hybridized carbons (Fsp3) is 0.115. The van der Waals surface area contributed by atoms with Crippen molar-refractivity contribution in [2.24, 2.45) is 0 Å². The van der Waals surface area contributed by atoms with Crippen LogP contribution in [-0.2, 0) is 9.59 Å². The van der Waals surface area contributed by atoms with Crippen LogP contribution < -0.4 is 16.0 Å². The van der Waals surface area contributed by atoms with Gasteiger partial charge in [0, 0.05) is 29.2 Å². The van der Waals surface area contributed by atoms with Gasteiger partial charge in [-0.2, -0.15) is 5.26 Å². The third kappa shape index (κ3) is 5.88. The van der Waals surface area contributed by atoms with Gasteiger partial charge in [-0.05, 0) is 43.3 Å². The van der Waals surface area contributed by atoms with E-state index in [0.717, 1.165) is 11.8 Å². The smallest absolute Gasteiger partial charge is 0.269 e. The maximum atomic E-state index is 13.3. The largest absolute Gasteiger partial charge is 0.468 e. The molecule has 186 valence electrons. The monoisotopic (exact) mass is 515 g/mol. The van der Waals surface area contributed by atoms with Gasteiger partial charge in [0.2, 0.25) is 5.91 Å². The average Bonchev–Trinajstić information content (AvgIpc) is 3.42. The number of rotatable bonds is 8. The lowest BCUT2D eigenvalue weighted by Gasteiger charge is -2.28. The second-order valence-electron chi connectivity index (χ2n) is 7.93. The van der Waals surface area contributed by atoms with E-state index in [1.165, 1.54) is 30.5 Å². The van der Waals surface area contributed by atoms with Gasteiger partial charge in [-0.15, -0.1) is 0 Å². The van der Waals surface area contributed by atoms with Gasteiger partial charge < -0.3 is 20.4 Å². The summed E-state index contributed by atoms with van der Waals surface area (Å²) in [5, 5.41) is 29.9. The number of carbonyl (C=O) groups excluding carboxylic acids is 2. The number of carbonyl (C=O) groups is 2. The average molecular weight is 516 g/mol. The highest BCUT2D eigenvalue weighted by Crippen LogP contribution is 2.41. The number of allylic oxidation sites excluding steroid dienone is 2. The Bertz CT molecular complexity index is 1420. The van der Waals surface area contributed by atoms with Crippen molar-refractivity contribution in [3.8, 4) is 6.07 Å². The summed E-state index contributed by atoms with van der Waals surface area (Å²) in [6, 6.07) is 20.0. The predicted molar refractivity (Wildman–Crippen MR) is 139 cm³/mol. The van der Waals surface area contributed by atoms with Gasteiger partial charge in [-0.3, -0.25) is 19.7 Å². The first-order valence-corrected chi connectivity index (χ1v) is 12.0. The first kappa shape index (κ1) is 25.3. The lowest BCUT2D eigenvalue weighted by Crippen LogP contribution is -2.31. The highest BCUT2D eigenvalue weighted by atomic mass is 32.2. The van der Waals surface area contributed by atoms with Gasteiger partial charge >= 0.3 is 0 Å². The molecule has 4 rings (SSSR count). The van der Waals surface area contributed by atoms with Crippen molar-refractivity contribution in [1.82, 2.24) is 5.32 Å². The molecule has 1 atom stereocenters. The molecule has 3 aromatic rings. The third-order valence-electron chi connectivity index (χ3n) is 5.46. The molecule has 11 heteroatoms. The molecule has 0 aliphatic carbocycles. The first-order valence-electron chi connectivity index (χ1n) is 11.1. The minimum Gasteiger partial charge on any atom is -0.468 e. The van der Waals surface area contributed by atoms with E-state index in [0.29, 0.717) is 33.4 Å². The number of thioether (sulfide) groups is 1. The molecule has 0 radical (unpaired) electrons. The minimum atomic E-state index is -0.773. The topological polar surface area (TPSA) is 150 Å². The molecule has 0 bridgehead atoms. The van der Waals surface area contributed by atoms with Crippen molar-refractivity contribution in [2.45, 2.75) is 12.8 Å². The molecule has 2 heterocycles. The van der Waals surface area contributed by atoms with E-state index in [-0.39, 0.29) is 28.8 Å². The van der Waals surface area contributed by atoms with Crippen LogP contribution in [0, 0.1) is 21.4 Å². The maximum absolute atomic E-state index is 13.3. The van der Waals surface area contributed by atoms with Crippen LogP contribution in [0.5, 0.6) is 0 Å². The molecule has 0 unspecified atom stereocenters. The number of para-hydroxylation sites is 1. The Morgan fingerprint density at radius 2 is 1.78 bits per heavy atom. The van der Waals surface area contributed by atoms with Crippen LogP contribution in [0.1, 0.15) is 18.6 Å². The fourth-order valence-electron chi connectivity index (χ4n) is 3.79. The van der Waals surface area contributed by atoms with Crippen molar-refractivity contribution in [1.29, 1.82) is 5.26 Å². The number of non-ortho nitro benzene ring substituents is 1. The van der Waals surface area contributed by atoms with E-state index in [4.69, 9.17) is 4.42 Å². The summed E-state index contributed by atoms with van der Waals surface area (Å²) in [6.45, 7) is 1.72. The van der Waals surface area contributed by atoms with Gasteiger partial charge in [0.05, 0.1) is 45.1 Å². The summed E-state index contributed by atoms with van der Waals surface area (Å²) in [5.41, 5.74) is 2.03. The van der Waals surface area contributed by atoms with Crippen LogP contribution in [-0.4, -0.2) is 22.5 Å². The highest BCUT2D eigenvalue weighted by molar-refractivity contribution is 8.03. The Balaban J connectivity index is 1.54. The number of furan rings is 1. The van der Waals surface area contributed by atoms with Gasteiger partial charge in [-0.1, -0.05) is 30.0 Å². The molecule has 0 saturated heterocycles. The number of nitrogens with zero attached hydrogens (tertiary/aromatic N) is 2. The number of nitriles is 1. The Kier molecular flexibility index (Phi) is 7.71. The number of nitro groups is 1. The van der Waals surface area contributed by atoms with Crippen molar-refractivity contribution in [3.63, 3.8) is 0 Å². The molecule has 10 nitrogen and oxygen atoms in total. The summed E-state index contributed by atoms with van der Waals surface area (Å²) in [7, 11) is 0. The number of hydrogen-bond donors (Lipinski definition) is 3. The minimum absolute atomic E-state index is 0.0474. The van der Waals surface area contributed by atoms with Crippen LogP contribution in [0.3, 0.4) is 0 Å². The quantitative estimate of drug-likeness (QED) is 0.283. The lowest BCUT2D eigenvalue weighted by atomic mass is 9.85. The molecule has 2 aromatic carbocycles. The number of nitrogens with one attached hydrogen (secondary N) is 3. The van der Waals surface area contributed by atoms with Crippen LogP contribution in [0.4, 0.5) is 17.1 Å². The van der Waals surface area contributed by atoms with Crippen LogP contribution in [0.25, 0.3) is 0 Å². The standard InChI is InChI=1S/C26H21N5O5S/c1-16-23(25(33)30-17-6-3-2-4-7-17)24(21-8-5-13-36-21)20(14-27)26(28-16)37-15-22(32)29-18-9-11-19(12-10-18)31(34)35/h2-13,24,28H,15H2,1H3,(H,29,32)(H,30,33)/t24-/m1/s1. The molecule has 3 N–H and O–H groups in total. The number of hydrogen-bond acceptors (Lipinski definition) is 8. The fourth-order valence-corrected chi connectivity index (χ4v) is 4.68. The molecular weight excluding hydrogens is 494 g/mol.